The zero-order valence-electron chi connectivity index (χ0n) is 20.1. The van der Waals surface area contributed by atoms with E-state index < -0.39 is 0 Å². The normalized spacial score (nSPS) is 15.4. The highest BCUT2D eigenvalue weighted by Crippen LogP contribution is 2.29. The summed E-state index contributed by atoms with van der Waals surface area (Å²) < 4.78 is 9.14. The number of carbonyl (C=O) groups is 1. The largest absolute Gasteiger partial charge is 0.382 e. The van der Waals surface area contributed by atoms with Crippen molar-refractivity contribution in [2.45, 2.75) is 33.0 Å². The van der Waals surface area contributed by atoms with Crippen LogP contribution in [0.1, 0.15) is 27.4 Å². The lowest BCUT2D eigenvalue weighted by Crippen LogP contribution is -2.49. The predicted octanol–water partition coefficient (Wildman–Crippen LogP) is 2.50. The molecule has 1 amide bonds. The first-order chi connectivity index (χ1) is 16.9. The standard InChI is InChI=1S/C24H27N9O2/c1-15-9-25-24(29-21-5-6-28-31(21)3)30-22(15)17-8-20-23(34)33(11-18-7-16(2)26-14-27-18)19(13-35-4)12-32(20)10-17/h5-10,14,19H,11-13H2,1-4H3,(H,25,29,30)/t19-/m1/s1. The monoisotopic (exact) mass is 473 g/mol. The van der Waals surface area contributed by atoms with E-state index in [9.17, 15) is 4.79 Å². The van der Waals surface area contributed by atoms with Crippen molar-refractivity contribution in [2.75, 3.05) is 19.0 Å². The zero-order valence-corrected chi connectivity index (χ0v) is 20.1. The summed E-state index contributed by atoms with van der Waals surface area (Å²) in [6.45, 7) is 5.30. The van der Waals surface area contributed by atoms with Crippen LogP contribution in [0.5, 0.6) is 0 Å². The van der Waals surface area contributed by atoms with Gasteiger partial charge in [0.2, 0.25) is 5.95 Å². The Morgan fingerprint density at radius 2 is 2.06 bits per heavy atom. The summed E-state index contributed by atoms with van der Waals surface area (Å²) in [5, 5.41) is 7.35. The fraction of sp³-hybridized carbons (Fsp3) is 0.333. The molecule has 0 saturated carbocycles. The van der Waals surface area contributed by atoms with Gasteiger partial charge in [0.15, 0.2) is 0 Å². The summed E-state index contributed by atoms with van der Waals surface area (Å²) in [4.78, 5) is 33.1. The molecule has 4 aromatic rings. The highest BCUT2D eigenvalue weighted by atomic mass is 16.5. The Hall–Kier alpha value is -4.12. The minimum absolute atomic E-state index is 0.0687. The maximum Gasteiger partial charge on any atom is 0.271 e. The summed E-state index contributed by atoms with van der Waals surface area (Å²) in [5.74, 6) is 1.17. The van der Waals surface area contributed by atoms with E-state index in [1.807, 2.05) is 54.8 Å². The SMILES string of the molecule is COC[C@H]1Cn2cc(-c3nc(Nc4ccnn4C)ncc3C)cc2C(=O)N1Cc1cc(C)ncn1. The van der Waals surface area contributed by atoms with E-state index in [4.69, 9.17) is 9.72 Å². The fourth-order valence-electron chi connectivity index (χ4n) is 4.32. The van der Waals surface area contributed by atoms with E-state index in [0.29, 0.717) is 31.3 Å². The third-order valence-electron chi connectivity index (χ3n) is 6.08. The van der Waals surface area contributed by atoms with Crippen LogP contribution in [0, 0.1) is 13.8 Å². The molecule has 5 heterocycles. The van der Waals surface area contributed by atoms with Crippen molar-refractivity contribution < 1.29 is 9.53 Å². The molecule has 1 N–H and O–H groups in total. The lowest BCUT2D eigenvalue weighted by molar-refractivity contribution is 0.0384. The Balaban J connectivity index is 1.46. The van der Waals surface area contributed by atoms with Gasteiger partial charge >= 0.3 is 0 Å². The van der Waals surface area contributed by atoms with Crippen LogP contribution in [0.15, 0.2) is 43.1 Å². The number of rotatable bonds is 7. The molecule has 0 aromatic carbocycles. The van der Waals surface area contributed by atoms with E-state index in [1.54, 1.807) is 24.2 Å². The van der Waals surface area contributed by atoms with Crippen molar-refractivity contribution in [1.82, 2.24) is 39.2 Å². The summed E-state index contributed by atoms with van der Waals surface area (Å²) in [7, 11) is 3.49. The van der Waals surface area contributed by atoms with E-state index in [2.05, 4.69) is 25.4 Å². The van der Waals surface area contributed by atoms with Crippen LogP contribution in [0.3, 0.4) is 0 Å². The van der Waals surface area contributed by atoms with Crippen LogP contribution in [0.25, 0.3) is 11.3 Å². The second-order valence-corrected chi connectivity index (χ2v) is 8.65. The Morgan fingerprint density at radius 3 is 2.80 bits per heavy atom. The molecular formula is C24H27N9O2. The van der Waals surface area contributed by atoms with Gasteiger partial charge < -0.3 is 19.5 Å². The van der Waals surface area contributed by atoms with Crippen LogP contribution in [-0.4, -0.2) is 64.8 Å². The zero-order chi connectivity index (χ0) is 24.5. The Morgan fingerprint density at radius 1 is 1.20 bits per heavy atom. The predicted molar refractivity (Wildman–Crippen MR) is 129 cm³/mol. The van der Waals surface area contributed by atoms with Crippen molar-refractivity contribution in [1.29, 1.82) is 0 Å². The van der Waals surface area contributed by atoms with Gasteiger partial charge in [-0.05, 0) is 31.5 Å². The summed E-state index contributed by atoms with van der Waals surface area (Å²) >= 11 is 0. The molecule has 180 valence electrons. The fourth-order valence-corrected chi connectivity index (χ4v) is 4.32. The van der Waals surface area contributed by atoms with Crippen LogP contribution < -0.4 is 5.32 Å². The third kappa shape index (κ3) is 4.50. The second kappa shape index (κ2) is 9.26. The maximum atomic E-state index is 13.6. The van der Waals surface area contributed by atoms with Crippen molar-refractivity contribution in [3.63, 3.8) is 0 Å². The molecule has 11 heteroatoms. The molecule has 0 unspecified atom stereocenters. The lowest BCUT2D eigenvalue weighted by atomic mass is 10.1. The lowest BCUT2D eigenvalue weighted by Gasteiger charge is -2.36. The first-order valence-electron chi connectivity index (χ1n) is 11.3. The molecule has 1 atom stereocenters. The Labute approximate surface area is 202 Å². The molecular weight excluding hydrogens is 446 g/mol. The van der Waals surface area contributed by atoms with Crippen molar-refractivity contribution in [3.05, 3.63) is 65.8 Å². The highest BCUT2D eigenvalue weighted by molar-refractivity contribution is 5.95. The molecule has 0 saturated heterocycles. The Kier molecular flexibility index (Phi) is 6.00. The molecule has 35 heavy (non-hydrogen) atoms. The number of fused-ring (bicyclic) bond motifs is 1. The molecule has 11 nitrogen and oxygen atoms in total. The molecule has 0 bridgehead atoms. The quantitative estimate of drug-likeness (QED) is 0.435. The van der Waals surface area contributed by atoms with Gasteiger partial charge in [0.05, 0.1) is 36.8 Å². The number of aromatic nitrogens is 7. The van der Waals surface area contributed by atoms with E-state index in [1.165, 1.54) is 6.33 Å². The van der Waals surface area contributed by atoms with Gasteiger partial charge in [0.1, 0.15) is 17.8 Å². The summed E-state index contributed by atoms with van der Waals surface area (Å²) in [5.41, 5.74) is 4.81. The molecule has 0 radical (unpaired) electrons. The topological polar surface area (TPSA) is 116 Å². The number of nitrogens with one attached hydrogen (secondary N) is 1. The molecule has 0 spiro atoms. The van der Waals surface area contributed by atoms with Gasteiger partial charge in [0.25, 0.3) is 5.91 Å². The van der Waals surface area contributed by atoms with Crippen molar-refractivity contribution >= 4 is 17.7 Å². The van der Waals surface area contributed by atoms with Crippen LogP contribution >= 0.6 is 0 Å². The van der Waals surface area contributed by atoms with Gasteiger partial charge in [-0.2, -0.15) is 5.10 Å². The number of ether oxygens (including phenoxy) is 1. The summed E-state index contributed by atoms with van der Waals surface area (Å²) in [6.07, 6.45) is 6.98. The number of anilines is 2. The Bertz CT molecular complexity index is 1380. The molecule has 5 rings (SSSR count). The number of nitrogens with zero attached hydrogens (tertiary/aromatic N) is 8. The first-order valence-corrected chi connectivity index (χ1v) is 11.3. The number of amides is 1. The maximum absolute atomic E-state index is 13.6. The molecule has 4 aromatic heterocycles. The van der Waals surface area contributed by atoms with E-state index in [-0.39, 0.29) is 11.9 Å². The van der Waals surface area contributed by atoms with Gasteiger partial charge in [0, 0.05) is 50.4 Å². The highest BCUT2D eigenvalue weighted by Gasteiger charge is 2.33. The number of carbonyl (C=O) groups excluding carboxylic acids is 1. The van der Waals surface area contributed by atoms with Gasteiger partial charge in [-0.15, -0.1) is 0 Å². The van der Waals surface area contributed by atoms with Gasteiger partial charge in [-0.3, -0.25) is 9.48 Å². The van der Waals surface area contributed by atoms with Crippen LogP contribution in [-0.2, 0) is 24.9 Å². The summed E-state index contributed by atoms with van der Waals surface area (Å²) in [6, 6.07) is 5.52. The van der Waals surface area contributed by atoms with Crippen molar-refractivity contribution in [2.24, 2.45) is 7.05 Å². The van der Waals surface area contributed by atoms with Crippen LogP contribution in [0.2, 0.25) is 0 Å². The average molecular weight is 474 g/mol. The third-order valence-corrected chi connectivity index (χ3v) is 6.08. The van der Waals surface area contributed by atoms with Gasteiger partial charge in [-0.25, -0.2) is 19.9 Å². The first kappa shape index (κ1) is 22.7. The molecule has 0 aliphatic carbocycles. The second-order valence-electron chi connectivity index (χ2n) is 8.65. The number of methoxy groups -OCH3 is 1. The minimum atomic E-state index is -0.121. The molecule has 0 fully saturated rings. The van der Waals surface area contributed by atoms with Crippen LogP contribution in [0.4, 0.5) is 11.8 Å². The molecule has 1 aliphatic rings. The molecule has 1 aliphatic heterocycles. The average Bonchev–Trinajstić information content (AvgIpc) is 3.44. The van der Waals surface area contributed by atoms with Gasteiger partial charge in [-0.1, -0.05) is 0 Å². The minimum Gasteiger partial charge on any atom is -0.382 e. The van der Waals surface area contributed by atoms with E-state index in [0.717, 1.165) is 34.0 Å². The number of hydrogen-bond donors (Lipinski definition) is 1. The van der Waals surface area contributed by atoms with Crippen molar-refractivity contribution in [3.8, 4) is 11.3 Å². The number of aryl methyl sites for hydroxylation is 3. The smallest absolute Gasteiger partial charge is 0.271 e. The number of hydrogen-bond acceptors (Lipinski definition) is 8. The van der Waals surface area contributed by atoms with E-state index >= 15 is 0 Å².